The van der Waals surface area contributed by atoms with Crippen molar-refractivity contribution >= 4 is 23.5 Å². The second-order valence-corrected chi connectivity index (χ2v) is 4.81. The number of ether oxygens (including phenoxy) is 1. The molecule has 0 aliphatic rings. The summed E-state index contributed by atoms with van der Waals surface area (Å²) in [6.45, 7) is 0.0745. The van der Waals surface area contributed by atoms with Crippen LogP contribution in [0.1, 0.15) is 11.1 Å². The number of nitrogens with zero attached hydrogens (tertiary/aromatic N) is 1. The molecule has 4 nitrogen and oxygen atoms in total. The zero-order valence-electron chi connectivity index (χ0n) is 11.4. The second-order valence-electron chi connectivity index (χ2n) is 4.37. The van der Waals surface area contributed by atoms with Crippen LogP contribution in [0.25, 0.3) is 0 Å². The van der Waals surface area contributed by atoms with Gasteiger partial charge in [-0.3, -0.25) is 5.43 Å². The van der Waals surface area contributed by atoms with E-state index in [2.05, 4.69) is 22.7 Å². The maximum absolute atomic E-state index is 13.0. The van der Waals surface area contributed by atoms with E-state index in [1.807, 2.05) is 0 Å². The van der Waals surface area contributed by atoms with Crippen LogP contribution in [-0.4, -0.2) is 11.3 Å². The number of nitrogens with two attached hydrogens (primary N) is 1. The van der Waals surface area contributed by atoms with Gasteiger partial charge >= 0.3 is 0 Å². The van der Waals surface area contributed by atoms with Gasteiger partial charge in [0, 0.05) is 6.07 Å². The number of halogens is 2. The Morgan fingerprint density at radius 1 is 1.18 bits per heavy atom. The van der Waals surface area contributed by atoms with Crippen LogP contribution in [0.3, 0.4) is 0 Å². The lowest BCUT2D eigenvalue weighted by Gasteiger charge is -2.07. The smallest absolute Gasteiger partial charge is 0.184 e. The van der Waals surface area contributed by atoms with Crippen LogP contribution in [0.15, 0.2) is 47.6 Å². The third kappa shape index (κ3) is 5.10. The van der Waals surface area contributed by atoms with Gasteiger partial charge in [-0.05, 0) is 59.7 Å². The highest BCUT2D eigenvalue weighted by molar-refractivity contribution is 7.80. The molecule has 0 heterocycles. The molecule has 0 aliphatic heterocycles. The first-order valence-electron chi connectivity index (χ1n) is 6.29. The van der Waals surface area contributed by atoms with E-state index in [0.717, 1.165) is 11.6 Å². The number of nitrogens with one attached hydrogen (secondary N) is 1. The summed E-state index contributed by atoms with van der Waals surface area (Å²) in [7, 11) is 0. The van der Waals surface area contributed by atoms with Gasteiger partial charge in [0.2, 0.25) is 0 Å². The van der Waals surface area contributed by atoms with Crippen LogP contribution < -0.4 is 15.9 Å². The van der Waals surface area contributed by atoms with Crippen molar-refractivity contribution in [3.63, 3.8) is 0 Å². The van der Waals surface area contributed by atoms with Gasteiger partial charge in [-0.1, -0.05) is 0 Å². The highest BCUT2D eigenvalue weighted by Gasteiger charge is 2.02. The molecule has 22 heavy (non-hydrogen) atoms. The molecule has 0 fully saturated rings. The normalized spacial score (nSPS) is 10.6. The summed E-state index contributed by atoms with van der Waals surface area (Å²) in [5.74, 6) is -0.685. The molecule has 2 rings (SSSR count). The molecule has 0 aromatic heterocycles. The molecule has 0 radical (unpaired) electrons. The van der Waals surface area contributed by atoms with Crippen LogP contribution in [0.4, 0.5) is 8.78 Å². The van der Waals surface area contributed by atoms with Gasteiger partial charge in [0.1, 0.15) is 24.0 Å². The van der Waals surface area contributed by atoms with E-state index in [9.17, 15) is 8.78 Å². The lowest BCUT2D eigenvalue weighted by atomic mass is 10.2. The summed E-state index contributed by atoms with van der Waals surface area (Å²) in [5, 5.41) is 3.90. The van der Waals surface area contributed by atoms with E-state index in [4.69, 9.17) is 10.5 Å². The topological polar surface area (TPSA) is 59.6 Å². The van der Waals surface area contributed by atoms with Gasteiger partial charge < -0.3 is 10.5 Å². The average molecular weight is 321 g/mol. The third-order valence-corrected chi connectivity index (χ3v) is 2.69. The number of rotatable bonds is 5. The van der Waals surface area contributed by atoms with Crippen LogP contribution >= 0.6 is 12.2 Å². The first-order valence-corrected chi connectivity index (χ1v) is 6.70. The predicted octanol–water partition coefficient (Wildman–Crippen LogP) is 2.71. The molecular weight excluding hydrogens is 308 g/mol. The van der Waals surface area contributed by atoms with Gasteiger partial charge in [-0.25, -0.2) is 8.78 Å². The maximum atomic E-state index is 13.0. The molecule has 0 unspecified atom stereocenters. The standard InChI is InChI=1S/C15H13F2N3OS/c16-12-5-11(6-13(17)7-12)9-21-14-3-1-10(2-4-14)8-19-20-15(18)22/h1-8H,9H2,(H3,18,20,22). The van der Waals surface area contributed by atoms with E-state index in [0.29, 0.717) is 11.3 Å². The zero-order chi connectivity index (χ0) is 15.9. The molecule has 0 saturated heterocycles. The Kier molecular flexibility index (Phi) is 5.37. The van der Waals surface area contributed by atoms with Crippen molar-refractivity contribution in [3.05, 3.63) is 65.2 Å². The molecule has 114 valence electrons. The van der Waals surface area contributed by atoms with E-state index < -0.39 is 11.6 Å². The molecule has 2 aromatic rings. The minimum atomic E-state index is -0.629. The molecular formula is C15H13F2N3OS. The largest absolute Gasteiger partial charge is 0.489 e. The SMILES string of the molecule is NC(=S)NN=Cc1ccc(OCc2cc(F)cc(F)c2)cc1. The fraction of sp³-hybridized carbons (Fsp3) is 0.0667. The van der Waals surface area contributed by atoms with Crippen molar-refractivity contribution in [2.75, 3.05) is 0 Å². The van der Waals surface area contributed by atoms with Gasteiger partial charge in [-0.2, -0.15) is 5.10 Å². The monoisotopic (exact) mass is 321 g/mol. The average Bonchev–Trinajstić information content (AvgIpc) is 2.45. The van der Waals surface area contributed by atoms with E-state index >= 15 is 0 Å². The Morgan fingerprint density at radius 2 is 1.82 bits per heavy atom. The van der Waals surface area contributed by atoms with Gasteiger partial charge in [0.05, 0.1) is 6.21 Å². The van der Waals surface area contributed by atoms with Crippen LogP contribution in [0.5, 0.6) is 5.75 Å². The summed E-state index contributed by atoms with van der Waals surface area (Å²) in [5.41, 5.74) is 8.91. The first kappa shape index (κ1) is 15.8. The third-order valence-electron chi connectivity index (χ3n) is 2.60. The number of thiocarbonyl (C=S) groups is 1. The fourth-order valence-corrected chi connectivity index (χ4v) is 1.73. The van der Waals surface area contributed by atoms with E-state index in [1.54, 1.807) is 30.5 Å². The molecule has 3 N–H and O–H groups in total. The molecule has 0 amide bonds. The Bertz CT molecular complexity index is 669. The van der Waals surface area contributed by atoms with Crippen LogP contribution in [-0.2, 0) is 6.61 Å². The number of hydrogen-bond acceptors (Lipinski definition) is 3. The van der Waals surface area contributed by atoms with E-state index in [1.165, 1.54) is 12.1 Å². The van der Waals surface area contributed by atoms with Crippen molar-refractivity contribution in [1.29, 1.82) is 0 Å². The quantitative estimate of drug-likeness (QED) is 0.505. The molecule has 7 heteroatoms. The summed E-state index contributed by atoms with van der Waals surface area (Å²) in [6.07, 6.45) is 1.55. The Labute approximate surface area is 131 Å². The minimum absolute atomic E-state index is 0.0745. The number of hydrazone groups is 1. The Hall–Kier alpha value is -2.54. The van der Waals surface area contributed by atoms with Gasteiger partial charge in [-0.15, -0.1) is 0 Å². The lowest BCUT2D eigenvalue weighted by Crippen LogP contribution is -2.23. The summed E-state index contributed by atoms with van der Waals surface area (Å²) in [4.78, 5) is 0. The van der Waals surface area contributed by atoms with Crippen LogP contribution in [0.2, 0.25) is 0 Å². The lowest BCUT2D eigenvalue weighted by molar-refractivity contribution is 0.305. The highest BCUT2D eigenvalue weighted by atomic mass is 32.1. The minimum Gasteiger partial charge on any atom is -0.489 e. The van der Waals surface area contributed by atoms with Crippen molar-refractivity contribution < 1.29 is 13.5 Å². The Balaban J connectivity index is 1.93. The molecule has 2 aromatic carbocycles. The fourth-order valence-electron chi connectivity index (χ4n) is 1.68. The zero-order valence-corrected chi connectivity index (χ0v) is 12.2. The highest BCUT2D eigenvalue weighted by Crippen LogP contribution is 2.15. The first-order chi connectivity index (χ1) is 10.5. The van der Waals surface area contributed by atoms with Crippen LogP contribution in [0, 0.1) is 11.6 Å². The van der Waals surface area contributed by atoms with Crippen molar-refractivity contribution in [2.24, 2.45) is 10.8 Å². The molecule has 0 spiro atoms. The molecule has 0 bridgehead atoms. The van der Waals surface area contributed by atoms with E-state index in [-0.39, 0.29) is 11.7 Å². The predicted molar refractivity (Wildman–Crippen MR) is 84.6 cm³/mol. The molecule has 0 atom stereocenters. The summed E-state index contributed by atoms with van der Waals surface area (Å²) in [6, 6.07) is 10.3. The second kappa shape index (κ2) is 7.46. The Morgan fingerprint density at radius 3 is 2.41 bits per heavy atom. The van der Waals surface area contributed by atoms with Crippen molar-refractivity contribution in [2.45, 2.75) is 6.61 Å². The summed E-state index contributed by atoms with van der Waals surface area (Å²) < 4.78 is 31.6. The van der Waals surface area contributed by atoms with Gasteiger partial charge in [0.25, 0.3) is 0 Å². The molecule has 0 aliphatic carbocycles. The van der Waals surface area contributed by atoms with Gasteiger partial charge in [0.15, 0.2) is 5.11 Å². The maximum Gasteiger partial charge on any atom is 0.184 e. The number of hydrogen-bond donors (Lipinski definition) is 2. The molecule has 0 saturated carbocycles. The summed E-state index contributed by atoms with van der Waals surface area (Å²) >= 11 is 4.61. The number of benzene rings is 2. The van der Waals surface area contributed by atoms with Crippen molar-refractivity contribution in [3.8, 4) is 5.75 Å². The van der Waals surface area contributed by atoms with Crippen molar-refractivity contribution in [1.82, 2.24) is 5.43 Å².